The number of rotatable bonds is 2. The number of anilines is 1. The van der Waals surface area contributed by atoms with E-state index < -0.39 is 11.6 Å². The van der Waals surface area contributed by atoms with E-state index in [0.717, 1.165) is 12.1 Å². The second kappa shape index (κ2) is 5.14. The molecule has 106 valence electrons. The van der Waals surface area contributed by atoms with Gasteiger partial charge < -0.3 is 10.3 Å². The van der Waals surface area contributed by atoms with E-state index in [9.17, 15) is 8.78 Å². The molecule has 2 aromatic carbocycles. The number of halogens is 3. The number of nitrogens with two attached hydrogens (primary N) is 1. The topological polar surface area (TPSA) is 64.9 Å². The summed E-state index contributed by atoms with van der Waals surface area (Å²) in [6, 6.07) is 8.17. The molecule has 7 heteroatoms. The van der Waals surface area contributed by atoms with Crippen LogP contribution in [0.3, 0.4) is 0 Å². The molecule has 0 aliphatic carbocycles. The highest BCUT2D eigenvalue weighted by Crippen LogP contribution is 2.30. The van der Waals surface area contributed by atoms with Crippen molar-refractivity contribution >= 4 is 17.3 Å². The predicted octanol–water partition coefficient (Wildman–Crippen LogP) is 3.92. The minimum atomic E-state index is -0.985. The highest BCUT2D eigenvalue weighted by atomic mass is 35.5. The van der Waals surface area contributed by atoms with E-state index in [1.165, 1.54) is 6.07 Å². The van der Waals surface area contributed by atoms with Gasteiger partial charge in [-0.3, -0.25) is 0 Å². The second-order valence-electron chi connectivity index (χ2n) is 4.29. The van der Waals surface area contributed by atoms with Crippen LogP contribution < -0.4 is 5.73 Å². The van der Waals surface area contributed by atoms with Gasteiger partial charge in [-0.1, -0.05) is 16.8 Å². The van der Waals surface area contributed by atoms with E-state index in [0.29, 0.717) is 21.8 Å². The Kier molecular flexibility index (Phi) is 3.31. The molecule has 0 fully saturated rings. The molecule has 21 heavy (non-hydrogen) atoms. The van der Waals surface area contributed by atoms with Crippen LogP contribution in [0.4, 0.5) is 14.5 Å². The molecule has 0 spiro atoms. The quantitative estimate of drug-likeness (QED) is 0.729. The Labute approximate surface area is 123 Å². The summed E-state index contributed by atoms with van der Waals surface area (Å²) in [5.41, 5.74) is 6.93. The van der Waals surface area contributed by atoms with Crippen molar-refractivity contribution in [3.8, 4) is 22.8 Å². The lowest BCUT2D eigenvalue weighted by atomic mass is 10.2. The molecule has 0 saturated heterocycles. The summed E-state index contributed by atoms with van der Waals surface area (Å²) in [4.78, 5) is 4.12. The van der Waals surface area contributed by atoms with Gasteiger partial charge in [0.1, 0.15) is 0 Å². The maximum absolute atomic E-state index is 13.2. The molecule has 0 aliphatic rings. The number of hydrogen-bond donors (Lipinski definition) is 1. The van der Waals surface area contributed by atoms with Gasteiger partial charge in [-0.05, 0) is 36.4 Å². The molecule has 3 rings (SSSR count). The van der Waals surface area contributed by atoms with Crippen LogP contribution in [0.5, 0.6) is 0 Å². The van der Waals surface area contributed by atoms with Crippen LogP contribution in [-0.2, 0) is 0 Å². The highest BCUT2D eigenvalue weighted by Gasteiger charge is 2.15. The molecule has 0 unspecified atom stereocenters. The zero-order chi connectivity index (χ0) is 15.0. The van der Waals surface area contributed by atoms with Crippen LogP contribution in [0.2, 0.25) is 5.02 Å². The Morgan fingerprint density at radius 3 is 2.62 bits per heavy atom. The summed E-state index contributed by atoms with van der Waals surface area (Å²) < 4.78 is 31.2. The van der Waals surface area contributed by atoms with Gasteiger partial charge in [0.15, 0.2) is 11.6 Å². The Balaban J connectivity index is 2.03. The van der Waals surface area contributed by atoms with E-state index >= 15 is 0 Å². The van der Waals surface area contributed by atoms with Gasteiger partial charge in [-0.15, -0.1) is 0 Å². The lowest BCUT2D eigenvalue weighted by Gasteiger charge is -1.99. The molecule has 3 aromatic rings. The first-order valence-electron chi connectivity index (χ1n) is 5.89. The Hall–Kier alpha value is -2.47. The van der Waals surface area contributed by atoms with Gasteiger partial charge in [-0.2, -0.15) is 4.98 Å². The van der Waals surface area contributed by atoms with Crippen molar-refractivity contribution in [1.29, 1.82) is 0 Å². The van der Waals surface area contributed by atoms with Crippen LogP contribution in [0.25, 0.3) is 22.8 Å². The van der Waals surface area contributed by atoms with Crippen LogP contribution in [0.15, 0.2) is 40.9 Å². The maximum atomic E-state index is 13.2. The van der Waals surface area contributed by atoms with Crippen LogP contribution >= 0.6 is 11.6 Å². The molecule has 0 bridgehead atoms. The van der Waals surface area contributed by atoms with Gasteiger partial charge in [-0.25, -0.2) is 8.78 Å². The SMILES string of the molecule is Nc1ccc(Cl)c(-c2nc(-c3ccc(F)c(F)c3)no2)c1. The van der Waals surface area contributed by atoms with Gasteiger partial charge >= 0.3 is 0 Å². The average molecular weight is 308 g/mol. The van der Waals surface area contributed by atoms with Gasteiger partial charge in [0.25, 0.3) is 5.89 Å². The Morgan fingerprint density at radius 1 is 1.05 bits per heavy atom. The van der Waals surface area contributed by atoms with E-state index in [1.807, 2.05) is 0 Å². The van der Waals surface area contributed by atoms with Gasteiger partial charge in [0.2, 0.25) is 5.82 Å². The molecule has 0 amide bonds. The molecule has 4 nitrogen and oxygen atoms in total. The zero-order valence-electron chi connectivity index (χ0n) is 10.5. The van der Waals surface area contributed by atoms with Crippen molar-refractivity contribution in [2.24, 2.45) is 0 Å². The maximum Gasteiger partial charge on any atom is 0.259 e. The molecular formula is C14H8ClF2N3O. The number of aromatic nitrogens is 2. The number of benzene rings is 2. The lowest BCUT2D eigenvalue weighted by Crippen LogP contribution is -1.88. The van der Waals surface area contributed by atoms with Crippen molar-refractivity contribution in [3.05, 3.63) is 53.1 Å². The predicted molar refractivity (Wildman–Crippen MR) is 74.5 cm³/mol. The second-order valence-corrected chi connectivity index (χ2v) is 4.70. The minimum Gasteiger partial charge on any atom is -0.399 e. The van der Waals surface area contributed by atoms with Crippen LogP contribution in [-0.4, -0.2) is 10.1 Å². The third-order valence-electron chi connectivity index (χ3n) is 2.82. The largest absolute Gasteiger partial charge is 0.399 e. The standard InChI is InChI=1S/C14H8ClF2N3O/c15-10-3-2-8(18)6-9(10)14-19-13(20-21-14)7-1-4-11(16)12(17)5-7/h1-6H,18H2. The highest BCUT2D eigenvalue weighted by molar-refractivity contribution is 6.33. The summed E-state index contributed by atoms with van der Waals surface area (Å²) in [5, 5.41) is 4.12. The van der Waals surface area contributed by atoms with Crippen molar-refractivity contribution in [2.45, 2.75) is 0 Å². The summed E-state index contributed by atoms with van der Waals surface area (Å²) in [7, 11) is 0. The third kappa shape index (κ3) is 2.57. The first kappa shape index (κ1) is 13.5. The Bertz CT molecular complexity index is 820. The summed E-state index contributed by atoms with van der Waals surface area (Å²) in [6.45, 7) is 0. The van der Waals surface area contributed by atoms with Crippen LogP contribution in [0.1, 0.15) is 0 Å². The molecule has 1 aromatic heterocycles. The van der Waals surface area contributed by atoms with Crippen molar-refractivity contribution in [2.75, 3.05) is 5.73 Å². The summed E-state index contributed by atoms with van der Waals surface area (Å²) in [6.07, 6.45) is 0. The molecule has 1 heterocycles. The monoisotopic (exact) mass is 307 g/mol. The number of nitrogens with zero attached hydrogens (tertiary/aromatic N) is 2. The molecule has 0 saturated carbocycles. The molecule has 2 N–H and O–H groups in total. The van der Waals surface area contributed by atoms with E-state index in [2.05, 4.69) is 10.1 Å². The fourth-order valence-corrected chi connectivity index (χ4v) is 1.99. The summed E-state index contributed by atoms with van der Waals surface area (Å²) >= 11 is 6.04. The average Bonchev–Trinajstić information content (AvgIpc) is 2.94. The van der Waals surface area contributed by atoms with Crippen molar-refractivity contribution in [1.82, 2.24) is 10.1 Å². The molecule has 0 aliphatic heterocycles. The number of nitrogen functional groups attached to an aromatic ring is 1. The van der Waals surface area contributed by atoms with Crippen molar-refractivity contribution < 1.29 is 13.3 Å². The molecule has 0 atom stereocenters. The fraction of sp³-hybridized carbons (Fsp3) is 0. The van der Waals surface area contributed by atoms with Crippen LogP contribution in [0, 0.1) is 11.6 Å². The molecule has 0 radical (unpaired) electrons. The number of hydrogen-bond acceptors (Lipinski definition) is 4. The minimum absolute atomic E-state index is 0.127. The smallest absolute Gasteiger partial charge is 0.259 e. The van der Waals surface area contributed by atoms with Crippen molar-refractivity contribution in [3.63, 3.8) is 0 Å². The third-order valence-corrected chi connectivity index (χ3v) is 3.15. The normalized spacial score (nSPS) is 10.8. The lowest BCUT2D eigenvalue weighted by molar-refractivity contribution is 0.432. The van der Waals surface area contributed by atoms with Gasteiger partial charge in [0, 0.05) is 11.3 Å². The van der Waals surface area contributed by atoms with Gasteiger partial charge in [0.05, 0.1) is 10.6 Å². The summed E-state index contributed by atoms with van der Waals surface area (Å²) in [5.74, 6) is -1.66. The zero-order valence-corrected chi connectivity index (χ0v) is 11.2. The van der Waals surface area contributed by atoms with E-state index in [1.54, 1.807) is 18.2 Å². The van der Waals surface area contributed by atoms with E-state index in [4.69, 9.17) is 21.9 Å². The fourth-order valence-electron chi connectivity index (χ4n) is 1.79. The first-order chi connectivity index (χ1) is 10.0. The van der Waals surface area contributed by atoms with E-state index in [-0.39, 0.29) is 11.7 Å². The Morgan fingerprint density at radius 2 is 1.86 bits per heavy atom. The molecular weight excluding hydrogens is 300 g/mol. The first-order valence-corrected chi connectivity index (χ1v) is 6.27.